The van der Waals surface area contributed by atoms with Crippen molar-refractivity contribution >= 4 is 11.6 Å². The first-order valence-electron chi connectivity index (χ1n) is 5.46. The highest BCUT2D eigenvalue weighted by Gasteiger charge is 2.10. The first kappa shape index (κ1) is 11.0. The van der Waals surface area contributed by atoms with Crippen molar-refractivity contribution in [3.63, 3.8) is 0 Å². The normalized spacial score (nSPS) is 10.5. The van der Waals surface area contributed by atoms with E-state index in [1.807, 2.05) is 42.5 Å². The average Bonchev–Trinajstić information content (AvgIpc) is 2.90. The lowest BCUT2D eigenvalue weighted by molar-refractivity contribution is 0.435. The molecule has 3 nitrogen and oxygen atoms in total. The minimum absolute atomic E-state index is 0.656. The van der Waals surface area contributed by atoms with E-state index in [1.54, 1.807) is 12.4 Å². The molecule has 0 bridgehead atoms. The average molecular weight is 257 g/mol. The highest BCUT2D eigenvalue weighted by atomic mass is 35.5. The minimum atomic E-state index is 0.656. The van der Waals surface area contributed by atoms with Gasteiger partial charge in [0.2, 0.25) is 0 Å². The lowest BCUT2D eigenvalue weighted by Gasteiger charge is -1.97. The number of pyridine rings is 1. The van der Waals surface area contributed by atoms with Crippen molar-refractivity contribution in [2.45, 2.75) is 0 Å². The topological polar surface area (TPSA) is 38.9 Å². The fourth-order valence-electron chi connectivity index (χ4n) is 1.72. The first-order valence-corrected chi connectivity index (χ1v) is 5.84. The van der Waals surface area contributed by atoms with Gasteiger partial charge < -0.3 is 4.52 Å². The maximum Gasteiger partial charge on any atom is 0.169 e. The van der Waals surface area contributed by atoms with E-state index in [1.165, 1.54) is 0 Å². The fraction of sp³-hybridized carbons (Fsp3) is 0. The van der Waals surface area contributed by atoms with Gasteiger partial charge in [-0.15, -0.1) is 0 Å². The Morgan fingerprint density at radius 2 is 1.94 bits per heavy atom. The Balaban J connectivity index is 2.03. The molecule has 88 valence electrons. The van der Waals surface area contributed by atoms with Crippen LogP contribution in [0.1, 0.15) is 0 Å². The van der Waals surface area contributed by atoms with Gasteiger partial charge in [-0.1, -0.05) is 35.0 Å². The Morgan fingerprint density at radius 3 is 2.72 bits per heavy atom. The molecule has 0 saturated carbocycles. The van der Waals surface area contributed by atoms with E-state index < -0.39 is 0 Å². The van der Waals surface area contributed by atoms with Gasteiger partial charge in [-0.05, 0) is 18.2 Å². The van der Waals surface area contributed by atoms with E-state index in [0.717, 1.165) is 16.8 Å². The van der Waals surface area contributed by atoms with Gasteiger partial charge in [-0.3, -0.25) is 4.98 Å². The van der Waals surface area contributed by atoms with E-state index in [2.05, 4.69) is 10.1 Å². The van der Waals surface area contributed by atoms with Crippen LogP contribution in [0, 0.1) is 0 Å². The molecule has 0 saturated heterocycles. The second-order valence-corrected chi connectivity index (χ2v) is 4.21. The van der Waals surface area contributed by atoms with Crippen molar-refractivity contribution in [3.05, 3.63) is 59.9 Å². The summed E-state index contributed by atoms with van der Waals surface area (Å²) in [6.07, 6.45) is 3.45. The van der Waals surface area contributed by atoms with Crippen LogP contribution in [0.25, 0.3) is 22.6 Å². The summed E-state index contributed by atoms with van der Waals surface area (Å²) in [7, 11) is 0. The van der Waals surface area contributed by atoms with E-state index in [4.69, 9.17) is 16.1 Å². The summed E-state index contributed by atoms with van der Waals surface area (Å²) in [5.74, 6) is 0.679. The highest BCUT2D eigenvalue weighted by Crippen LogP contribution is 2.29. The zero-order chi connectivity index (χ0) is 12.4. The van der Waals surface area contributed by atoms with Crippen molar-refractivity contribution < 1.29 is 4.52 Å². The number of halogens is 1. The first-order chi connectivity index (χ1) is 8.84. The third-order valence-corrected chi connectivity index (χ3v) is 2.94. The third kappa shape index (κ3) is 2.00. The van der Waals surface area contributed by atoms with Crippen molar-refractivity contribution in [1.29, 1.82) is 0 Å². The molecule has 2 heterocycles. The number of nitrogens with zero attached hydrogens (tertiary/aromatic N) is 2. The van der Waals surface area contributed by atoms with Crippen molar-refractivity contribution in [3.8, 4) is 22.6 Å². The van der Waals surface area contributed by atoms with Crippen molar-refractivity contribution in [2.75, 3.05) is 0 Å². The van der Waals surface area contributed by atoms with Crippen LogP contribution in [-0.4, -0.2) is 10.1 Å². The number of hydrogen-bond acceptors (Lipinski definition) is 3. The third-order valence-electron chi connectivity index (χ3n) is 2.61. The summed E-state index contributed by atoms with van der Waals surface area (Å²) in [5, 5.41) is 4.69. The molecule has 18 heavy (non-hydrogen) atoms. The van der Waals surface area contributed by atoms with Gasteiger partial charge in [0.15, 0.2) is 5.76 Å². The van der Waals surface area contributed by atoms with Crippen LogP contribution in [0.15, 0.2) is 59.4 Å². The molecular weight excluding hydrogens is 248 g/mol. The van der Waals surface area contributed by atoms with Crippen LogP contribution >= 0.6 is 11.6 Å². The summed E-state index contributed by atoms with van der Waals surface area (Å²) < 4.78 is 5.31. The molecule has 0 atom stereocenters. The van der Waals surface area contributed by atoms with E-state index in [-0.39, 0.29) is 0 Å². The van der Waals surface area contributed by atoms with Crippen LogP contribution in [0.2, 0.25) is 5.02 Å². The molecule has 0 fully saturated rings. The van der Waals surface area contributed by atoms with Gasteiger partial charge in [-0.2, -0.15) is 0 Å². The van der Waals surface area contributed by atoms with Crippen molar-refractivity contribution in [1.82, 2.24) is 10.1 Å². The molecule has 0 aliphatic heterocycles. The molecular formula is C14H9ClN2O. The van der Waals surface area contributed by atoms with E-state index >= 15 is 0 Å². The van der Waals surface area contributed by atoms with Gasteiger partial charge in [0.25, 0.3) is 0 Å². The van der Waals surface area contributed by atoms with Gasteiger partial charge in [0, 0.05) is 29.6 Å². The van der Waals surface area contributed by atoms with E-state index in [0.29, 0.717) is 10.8 Å². The summed E-state index contributed by atoms with van der Waals surface area (Å²) in [6, 6.07) is 13.2. The SMILES string of the molecule is Clc1ccccc1-c1cc(-c2cccnc2)on1. The molecule has 0 spiro atoms. The number of aromatic nitrogens is 2. The van der Waals surface area contributed by atoms with Crippen LogP contribution in [-0.2, 0) is 0 Å². The predicted molar refractivity (Wildman–Crippen MR) is 70.2 cm³/mol. The minimum Gasteiger partial charge on any atom is -0.356 e. The second-order valence-electron chi connectivity index (χ2n) is 3.80. The second kappa shape index (κ2) is 4.63. The molecule has 0 amide bonds. The van der Waals surface area contributed by atoms with E-state index in [9.17, 15) is 0 Å². The molecule has 0 aliphatic rings. The quantitative estimate of drug-likeness (QED) is 0.694. The molecule has 4 heteroatoms. The fourth-order valence-corrected chi connectivity index (χ4v) is 1.95. The summed E-state index contributed by atoms with van der Waals surface area (Å²) in [5.41, 5.74) is 2.47. The van der Waals surface area contributed by atoms with Crippen LogP contribution in [0.5, 0.6) is 0 Å². The molecule has 0 unspecified atom stereocenters. The largest absolute Gasteiger partial charge is 0.356 e. The maximum atomic E-state index is 6.12. The molecule has 0 radical (unpaired) electrons. The van der Waals surface area contributed by atoms with Crippen LogP contribution in [0.4, 0.5) is 0 Å². The number of benzene rings is 1. The van der Waals surface area contributed by atoms with Crippen LogP contribution < -0.4 is 0 Å². The zero-order valence-electron chi connectivity index (χ0n) is 9.38. The molecule has 3 rings (SSSR count). The maximum absolute atomic E-state index is 6.12. The number of rotatable bonds is 2. The standard InChI is InChI=1S/C14H9ClN2O/c15-12-6-2-1-5-11(12)13-8-14(18-17-13)10-4-3-7-16-9-10/h1-9H. The smallest absolute Gasteiger partial charge is 0.169 e. The Bertz CT molecular complexity index is 664. The highest BCUT2D eigenvalue weighted by molar-refractivity contribution is 6.33. The number of hydrogen-bond donors (Lipinski definition) is 0. The molecule has 0 N–H and O–H groups in total. The summed E-state index contributed by atoms with van der Waals surface area (Å²) in [4.78, 5) is 4.05. The van der Waals surface area contributed by atoms with Gasteiger partial charge >= 0.3 is 0 Å². The Hall–Kier alpha value is -2.13. The molecule has 0 aliphatic carbocycles. The summed E-state index contributed by atoms with van der Waals surface area (Å²) >= 11 is 6.12. The van der Waals surface area contributed by atoms with Gasteiger partial charge in [0.1, 0.15) is 5.69 Å². The molecule has 3 aromatic rings. The lowest BCUT2D eigenvalue weighted by atomic mass is 10.1. The predicted octanol–water partition coefficient (Wildman–Crippen LogP) is 4.06. The van der Waals surface area contributed by atoms with Crippen LogP contribution in [0.3, 0.4) is 0 Å². The summed E-state index contributed by atoms with van der Waals surface area (Å²) in [6.45, 7) is 0. The molecule has 2 aromatic heterocycles. The van der Waals surface area contributed by atoms with Gasteiger partial charge in [-0.25, -0.2) is 0 Å². The Morgan fingerprint density at radius 1 is 1.06 bits per heavy atom. The van der Waals surface area contributed by atoms with Crippen molar-refractivity contribution in [2.24, 2.45) is 0 Å². The Kier molecular flexibility index (Phi) is 2.82. The Labute approximate surface area is 109 Å². The lowest BCUT2D eigenvalue weighted by Crippen LogP contribution is -1.77. The molecule has 1 aromatic carbocycles. The zero-order valence-corrected chi connectivity index (χ0v) is 10.1. The monoisotopic (exact) mass is 256 g/mol. The van der Waals surface area contributed by atoms with Gasteiger partial charge in [0.05, 0.1) is 5.02 Å².